The fraction of sp³-hybridized carbons (Fsp3) is 0.269. The smallest absolute Gasteiger partial charge is 0.264 e. The van der Waals surface area contributed by atoms with E-state index in [0.717, 1.165) is 35.4 Å². The molecule has 1 aliphatic heterocycles. The van der Waals surface area contributed by atoms with Crippen molar-refractivity contribution in [2.45, 2.75) is 30.7 Å². The minimum Gasteiger partial charge on any atom is -0.497 e. The molecule has 0 fully saturated rings. The van der Waals surface area contributed by atoms with Gasteiger partial charge in [0, 0.05) is 6.54 Å². The molecule has 0 spiro atoms. The highest BCUT2D eigenvalue weighted by atomic mass is 32.2. The molecular weight excluding hydrogens is 452 g/mol. The monoisotopic (exact) mass is 480 g/mol. The third-order valence-corrected chi connectivity index (χ3v) is 7.67. The van der Waals surface area contributed by atoms with Gasteiger partial charge in [0.25, 0.3) is 15.9 Å². The Morgan fingerprint density at radius 2 is 1.68 bits per heavy atom. The summed E-state index contributed by atoms with van der Waals surface area (Å²) < 4.78 is 38.7. The Labute approximate surface area is 200 Å². The van der Waals surface area contributed by atoms with Crippen LogP contribution in [-0.2, 0) is 21.2 Å². The molecule has 1 atom stereocenters. The molecule has 0 unspecified atom stereocenters. The number of benzene rings is 3. The van der Waals surface area contributed by atoms with Crippen LogP contribution in [0.5, 0.6) is 11.5 Å². The third-order valence-electron chi connectivity index (χ3n) is 5.84. The Balaban J connectivity index is 1.36. The Bertz CT molecular complexity index is 1240. The Morgan fingerprint density at radius 3 is 2.38 bits per heavy atom. The number of amides is 1. The van der Waals surface area contributed by atoms with Crippen LogP contribution in [0.3, 0.4) is 0 Å². The molecule has 0 saturated carbocycles. The number of para-hydroxylation sites is 1. The number of hydrogen-bond acceptors (Lipinski definition) is 5. The molecule has 3 aromatic rings. The first-order valence-corrected chi connectivity index (χ1v) is 12.6. The van der Waals surface area contributed by atoms with E-state index in [2.05, 4.69) is 5.32 Å². The second kappa shape index (κ2) is 10.2. The summed E-state index contributed by atoms with van der Waals surface area (Å²) >= 11 is 0. The van der Waals surface area contributed by atoms with Gasteiger partial charge in [-0.05, 0) is 73.4 Å². The average molecular weight is 481 g/mol. The number of carbonyl (C=O) groups excluding carboxylic acids is 1. The van der Waals surface area contributed by atoms with E-state index in [1.165, 1.54) is 16.4 Å². The van der Waals surface area contributed by atoms with Crippen molar-refractivity contribution in [2.24, 2.45) is 0 Å². The van der Waals surface area contributed by atoms with Crippen LogP contribution < -0.4 is 19.1 Å². The van der Waals surface area contributed by atoms with Gasteiger partial charge in [-0.15, -0.1) is 0 Å². The van der Waals surface area contributed by atoms with E-state index in [4.69, 9.17) is 9.47 Å². The van der Waals surface area contributed by atoms with Crippen molar-refractivity contribution in [3.05, 3.63) is 83.9 Å². The fourth-order valence-electron chi connectivity index (χ4n) is 3.99. The molecule has 1 aliphatic rings. The molecule has 0 bridgehead atoms. The molecule has 0 saturated heterocycles. The van der Waals surface area contributed by atoms with Gasteiger partial charge in [-0.1, -0.05) is 30.3 Å². The summed E-state index contributed by atoms with van der Waals surface area (Å²) in [6.07, 6.45) is 1.65. The van der Waals surface area contributed by atoms with Gasteiger partial charge in [0.05, 0.1) is 23.7 Å². The average Bonchev–Trinajstić information content (AvgIpc) is 2.87. The summed E-state index contributed by atoms with van der Waals surface area (Å²) in [5.41, 5.74) is 2.71. The van der Waals surface area contributed by atoms with E-state index in [9.17, 15) is 13.2 Å². The molecule has 34 heavy (non-hydrogen) atoms. The molecule has 4 rings (SSSR count). The lowest BCUT2D eigenvalue weighted by molar-refractivity contribution is -0.123. The molecule has 7 nitrogen and oxygen atoms in total. The summed E-state index contributed by atoms with van der Waals surface area (Å²) in [4.78, 5) is 12.5. The van der Waals surface area contributed by atoms with Crippen molar-refractivity contribution in [3.8, 4) is 11.5 Å². The third kappa shape index (κ3) is 5.17. The molecule has 0 radical (unpaired) electrons. The van der Waals surface area contributed by atoms with Crippen LogP contribution in [0.2, 0.25) is 0 Å². The van der Waals surface area contributed by atoms with Gasteiger partial charge >= 0.3 is 0 Å². The van der Waals surface area contributed by atoms with Crippen LogP contribution in [0.4, 0.5) is 5.69 Å². The van der Waals surface area contributed by atoms with E-state index in [0.29, 0.717) is 12.3 Å². The zero-order chi connectivity index (χ0) is 24.1. The minimum atomic E-state index is -3.69. The van der Waals surface area contributed by atoms with E-state index in [1.54, 1.807) is 19.2 Å². The molecule has 0 aliphatic carbocycles. The SMILES string of the molecule is COc1ccc([C@@H](C)NC(=O)COc2ccc(S(=O)(=O)N3CCCc4ccccc43)cc2)cc1. The van der Waals surface area contributed by atoms with E-state index in [1.807, 2.05) is 55.5 Å². The highest BCUT2D eigenvalue weighted by Gasteiger charge is 2.28. The molecule has 1 amide bonds. The Morgan fingerprint density at radius 1 is 1.00 bits per heavy atom. The number of fused-ring (bicyclic) bond motifs is 1. The van der Waals surface area contributed by atoms with Crippen LogP contribution in [0.15, 0.2) is 77.7 Å². The standard InChI is InChI=1S/C26H28N2O5S/c1-19(20-9-11-22(32-2)12-10-20)27-26(29)18-33-23-13-15-24(16-14-23)34(30,31)28-17-5-7-21-6-3-4-8-25(21)28/h3-4,6,8-16,19H,5,7,17-18H2,1-2H3,(H,27,29)/t19-/m1/s1. The quantitative estimate of drug-likeness (QED) is 0.525. The first-order valence-electron chi connectivity index (χ1n) is 11.2. The predicted molar refractivity (Wildman–Crippen MR) is 131 cm³/mol. The topological polar surface area (TPSA) is 84.9 Å². The van der Waals surface area contributed by atoms with Crippen molar-refractivity contribution < 1.29 is 22.7 Å². The van der Waals surface area contributed by atoms with E-state index < -0.39 is 10.0 Å². The predicted octanol–water partition coefficient (Wildman–Crippen LogP) is 4.09. The Hall–Kier alpha value is -3.52. The number of anilines is 1. The number of methoxy groups -OCH3 is 1. The summed E-state index contributed by atoms with van der Waals surface area (Å²) in [6, 6.07) is 21.0. The molecule has 8 heteroatoms. The lowest BCUT2D eigenvalue weighted by Crippen LogP contribution is -2.35. The first-order chi connectivity index (χ1) is 16.4. The number of carbonyl (C=O) groups is 1. The van der Waals surface area contributed by atoms with Gasteiger partial charge < -0.3 is 14.8 Å². The first kappa shape index (κ1) is 23.6. The van der Waals surface area contributed by atoms with Crippen LogP contribution in [0, 0.1) is 0 Å². The van der Waals surface area contributed by atoms with Gasteiger partial charge in [0.15, 0.2) is 6.61 Å². The maximum absolute atomic E-state index is 13.2. The normalized spacial score (nSPS) is 14.1. The van der Waals surface area contributed by atoms with Crippen LogP contribution in [0.1, 0.15) is 30.5 Å². The van der Waals surface area contributed by atoms with E-state index >= 15 is 0 Å². The second-order valence-corrected chi connectivity index (χ2v) is 9.99. The number of hydrogen-bond donors (Lipinski definition) is 1. The number of nitrogens with one attached hydrogen (secondary N) is 1. The van der Waals surface area contributed by atoms with Crippen LogP contribution in [0.25, 0.3) is 0 Å². The number of nitrogens with zero attached hydrogens (tertiary/aromatic N) is 1. The highest BCUT2D eigenvalue weighted by molar-refractivity contribution is 7.92. The van der Waals surface area contributed by atoms with Crippen LogP contribution >= 0.6 is 0 Å². The second-order valence-electron chi connectivity index (χ2n) is 8.13. The number of sulfonamides is 1. The minimum absolute atomic E-state index is 0.175. The van der Waals surface area contributed by atoms with Gasteiger partial charge in [-0.2, -0.15) is 0 Å². The maximum Gasteiger partial charge on any atom is 0.264 e. The van der Waals surface area contributed by atoms with Crippen molar-refractivity contribution in [1.29, 1.82) is 0 Å². The zero-order valence-electron chi connectivity index (χ0n) is 19.2. The number of rotatable bonds is 8. The van der Waals surface area contributed by atoms with Crippen molar-refractivity contribution in [2.75, 3.05) is 24.6 Å². The van der Waals surface area contributed by atoms with E-state index in [-0.39, 0.29) is 23.5 Å². The van der Waals surface area contributed by atoms with Gasteiger partial charge in [0.1, 0.15) is 11.5 Å². The molecule has 178 valence electrons. The van der Waals surface area contributed by atoms with Crippen molar-refractivity contribution in [3.63, 3.8) is 0 Å². The molecular formula is C26H28N2O5S. The fourth-order valence-corrected chi connectivity index (χ4v) is 5.53. The Kier molecular flexibility index (Phi) is 7.07. The van der Waals surface area contributed by atoms with Crippen LogP contribution in [-0.4, -0.2) is 34.6 Å². The van der Waals surface area contributed by atoms with Crippen molar-refractivity contribution >= 4 is 21.6 Å². The summed E-state index contributed by atoms with van der Waals surface area (Å²) in [6.45, 7) is 2.16. The van der Waals surface area contributed by atoms with Gasteiger partial charge in [0.2, 0.25) is 0 Å². The molecule has 0 aromatic heterocycles. The van der Waals surface area contributed by atoms with Crippen molar-refractivity contribution in [1.82, 2.24) is 5.32 Å². The lowest BCUT2D eigenvalue weighted by Gasteiger charge is -2.30. The lowest BCUT2D eigenvalue weighted by atomic mass is 10.0. The molecule has 1 heterocycles. The largest absolute Gasteiger partial charge is 0.497 e. The molecule has 3 aromatic carbocycles. The highest BCUT2D eigenvalue weighted by Crippen LogP contribution is 2.32. The number of aryl methyl sites for hydroxylation is 1. The number of ether oxygens (including phenoxy) is 2. The summed E-state index contributed by atoms with van der Waals surface area (Å²) in [5.74, 6) is 0.899. The molecule has 1 N–H and O–H groups in total. The zero-order valence-corrected chi connectivity index (χ0v) is 20.0. The maximum atomic E-state index is 13.2. The van der Waals surface area contributed by atoms with Gasteiger partial charge in [-0.25, -0.2) is 8.42 Å². The van der Waals surface area contributed by atoms with Gasteiger partial charge in [-0.3, -0.25) is 9.10 Å². The summed E-state index contributed by atoms with van der Waals surface area (Å²) in [7, 11) is -2.08. The summed E-state index contributed by atoms with van der Waals surface area (Å²) in [5, 5.41) is 2.88.